The minimum atomic E-state index is -0.529. The van der Waals surface area contributed by atoms with Gasteiger partial charge in [-0.3, -0.25) is 4.79 Å². The summed E-state index contributed by atoms with van der Waals surface area (Å²) in [7, 11) is 1.61. The Hall–Kier alpha value is -3.93. The third kappa shape index (κ3) is 5.12. The number of ether oxygens (including phenoxy) is 2. The molecule has 3 aromatic carbocycles. The number of amides is 1. The lowest BCUT2D eigenvalue weighted by Crippen LogP contribution is -2.31. The maximum atomic E-state index is 13.1. The lowest BCUT2D eigenvalue weighted by molar-refractivity contribution is -0.136. The van der Waals surface area contributed by atoms with E-state index in [1.165, 1.54) is 5.01 Å². The molecule has 0 aliphatic carbocycles. The van der Waals surface area contributed by atoms with Crippen molar-refractivity contribution in [2.24, 2.45) is 5.10 Å². The zero-order valence-corrected chi connectivity index (χ0v) is 18.7. The van der Waals surface area contributed by atoms with Crippen LogP contribution in [-0.4, -0.2) is 36.3 Å². The molecule has 1 unspecified atom stereocenters. The molecule has 0 N–H and O–H groups in total. The number of hydrogen-bond donors (Lipinski definition) is 0. The molecule has 1 aliphatic rings. The van der Waals surface area contributed by atoms with Gasteiger partial charge in [-0.25, -0.2) is 9.80 Å². The molecule has 0 bridgehead atoms. The van der Waals surface area contributed by atoms with Gasteiger partial charge >= 0.3 is 5.97 Å². The van der Waals surface area contributed by atoms with Crippen molar-refractivity contribution in [2.45, 2.75) is 25.8 Å². The summed E-state index contributed by atoms with van der Waals surface area (Å²) in [4.78, 5) is 25.5. The van der Waals surface area contributed by atoms with Crippen molar-refractivity contribution >= 4 is 17.6 Å². The number of benzene rings is 3. The number of methoxy groups -OCH3 is 1. The van der Waals surface area contributed by atoms with Crippen molar-refractivity contribution in [1.29, 1.82) is 0 Å². The third-order valence-corrected chi connectivity index (χ3v) is 5.70. The van der Waals surface area contributed by atoms with Crippen LogP contribution in [-0.2, 0) is 16.0 Å². The Morgan fingerprint density at radius 3 is 2.30 bits per heavy atom. The number of carbonyl (C=O) groups is 2. The van der Waals surface area contributed by atoms with E-state index in [2.05, 4.69) is 5.10 Å². The molecule has 3 aromatic rings. The third-order valence-electron chi connectivity index (χ3n) is 5.70. The summed E-state index contributed by atoms with van der Waals surface area (Å²) >= 11 is 0. The standard InChI is InChI=1S/C27H26N2O4/c1-3-19-9-11-22(12-10-19)27(31)33-18-26(30)29-25(21-13-15-23(32-2)16-14-21)17-24(28-29)20-7-5-4-6-8-20/h4-16,25H,3,17-18H2,1-2H3. The quantitative estimate of drug-likeness (QED) is 0.493. The first-order valence-corrected chi connectivity index (χ1v) is 10.9. The van der Waals surface area contributed by atoms with Crippen molar-refractivity contribution in [3.8, 4) is 5.75 Å². The normalized spacial score (nSPS) is 15.2. The predicted molar refractivity (Wildman–Crippen MR) is 126 cm³/mol. The molecule has 0 aromatic heterocycles. The molecule has 6 nitrogen and oxygen atoms in total. The van der Waals surface area contributed by atoms with E-state index in [4.69, 9.17) is 9.47 Å². The van der Waals surface area contributed by atoms with Gasteiger partial charge in [0.15, 0.2) is 6.61 Å². The Kier molecular flexibility index (Phi) is 6.83. The highest BCUT2D eigenvalue weighted by molar-refractivity contribution is 6.03. The Bertz CT molecular complexity index is 1140. The van der Waals surface area contributed by atoms with E-state index in [1.54, 1.807) is 19.2 Å². The van der Waals surface area contributed by atoms with Crippen LogP contribution in [0.1, 0.15) is 46.4 Å². The largest absolute Gasteiger partial charge is 0.497 e. The lowest BCUT2D eigenvalue weighted by Gasteiger charge is -2.22. The first-order valence-electron chi connectivity index (χ1n) is 10.9. The monoisotopic (exact) mass is 442 g/mol. The van der Waals surface area contributed by atoms with Crippen molar-refractivity contribution in [1.82, 2.24) is 5.01 Å². The van der Waals surface area contributed by atoms with Gasteiger partial charge in [0.25, 0.3) is 5.91 Å². The molecule has 0 spiro atoms. The second-order valence-electron chi connectivity index (χ2n) is 7.77. The van der Waals surface area contributed by atoms with Gasteiger partial charge in [0.05, 0.1) is 24.4 Å². The first-order chi connectivity index (χ1) is 16.1. The highest BCUT2D eigenvalue weighted by Crippen LogP contribution is 2.33. The molecule has 1 aliphatic heterocycles. The van der Waals surface area contributed by atoms with Crippen molar-refractivity contribution in [3.63, 3.8) is 0 Å². The molecule has 0 radical (unpaired) electrons. The van der Waals surface area contributed by atoms with Gasteiger partial charge in [0.1, 0.15) is 5.75 Å². The van der Waals surface area contributed by atoms with Crippen molar-refractivity contribution in [3.05, 3.63) is 101 Å². The Balaban J connectivity index is 1.51. The molecule has 168 valence electrons. The number of carbonyl (C=O) groups excluding carboxylic acids is 2. The maximum absolute atomic E-state index is 13.1. The van der Waals surface area contributed by atoms with Gasteiger partial charge < -0.3 is 9.47 Å². The van der Waals surface area contributed by atoms with Gasteiger partial charge in [0, 0.05) is 6.42 Å². The fourth-order valence-corrected chi connectivity index (χ4v) is 3.78. The van der Waals surface area contributed by atoms with E-state index in [1.807, 2.05) is 73.7 Å². The maximum Gasteiger partial charge on any atom is 0.338 e. The lowest BCUT2D eigenvalue weighted by atomic mass is 9.98. The number of esters is 1. The summed E-state index contributed by atoms with van der Waals surface area (Å²) in [6.45, 7) is 1.66. The molecule has 0 fully saturated rings. The Morgan fingerprint density at radius 1 is 0.970 bits per heavy atom. The molecule has 1 heterocycles. The summed E-state index contributed by atoms with van der Waals surface area (Å²) in [5, 5.41) is 6.04. The van der Waals surface area contributed by atoms with E-state index in [0.29, 0.717) is 12.0 Å². The number of hydrogen-bond acceptors (Lipinski definition) is 5. The molecule has 1 atom stereocenters. The van der Waals surface area contributed by atoms with Crippen LogP contribution in [0.15, 0.2) is 84.0 Å². The summed E-state index contributed by atoms with van der Waals surface area (Å²) in [5.41, 5.74) is 4.25. The second-order valence-corrected chi connectivity index (χ2v) is 7.77. The van der Waals surface area contributed by atoms with E-state index in [0.717, 1.165) is 34.6 Å². The SMILES string of the molecule is CCc1ccc(C(=O)OCC(=O)N2N=C(c3ccccc3)CC2c2ccc(OC)cc2)cc1. The fraction of sp³-hybridized carbons (Fsp3) is 0.222. The second kappa shape index (κ2) is 10.1. The van der Waals surface area contributed by atoms with Crippen LogP contribution in [0.2, 0.25) is 0 Å². The van der Waals surface area contributed by atoms with Crippen LogP contribution in [0, 0.1) is 0 Å². The molecule has 4 rings (SSSR count). The molecule has 1 amide bonds. The van der Waals surface area contributed by atoms with Crippen LogP contribution in [0.4, 0.5) is 0 Å². The molecular formula is C27H26N2O4. The summed E-state index contributed by atoms with van der Waals surface area (Å²) in [6.07, 6.45) is 1.45. The number of hydrazone groups is 1. The Morgan fingerprint density at radius 2 is 1.67 bits per heavy atom. The molecule has 0 saturated heterocycles. The van der Waals surface area contributed by atoms with Crippen LogP contribution in [0.5, 0.6) is 5.75 Å². The van der Waals surface area contributed by atoms with E-state index < -0.39 is 5.97 Å². The van der Waals surface area contributed by atoms with E-state index in [9.17, 15) is 9.59 Å². The molecule has 6 heteroatoms. The zero-order chi connectivity index (χ0) is 23.2. The van der Waals surface area contributed by atoms with E-state index >= 15 is 0 Å². The smallest absolute Gasteiger partial charge is 0.338 e. The van der Waals surface area contributed by atoms with Crippen LogP contribution in [0.3, 0.4) is 0 Å². The summed E-state index contributed by atoms with van der Waals surface area (Å²) < 4.78 is 10.6. The van der Waals surface area contributed by atoms with Gasteiger partial charge in [0.2, 0.25) is 0 Å². The number of aryl methyl sites for hydroxylation is 1. The van der Waals surface area contributed by atoms with Gasteiger partial charge in [-0.2, -0.15) is 5.10 Å². The zero-order valence-electron chi connectivity index (χ0n) is 18.7. The molecule has 33 heavy (non-hydrogen) atoms. The van der Waals surface area contributed by atoms with Gasteiger partial charge in [-0.1, -0.05) is 61.5 Å². The average Bonchev–Trinajstić information content (AvgIpc) is 3.33. The molecule has 0 saturated carbocycles. The minimum Gasteiger partial charge on any atom is -0.497 e. The van der Waals surface area contributed by atoms with Crippen LogP contribution >= 0.6 is 0 Å². The first kappa shape index (κ1) is 22.3. The van der Waals surface area contributed by atoms with Crippen LogP contribution in [0.25, 0.3) is 0 Å². The summed E-state index contributed by atoms with van der Waals surface area (Å²) in [5.74, 6) is -0.166. The number of rotatable bonds is 7. The summed E-state index contributed by atoms with van der Waals surface area (Å²) in [6, 6.07) is 24.2. The highest BCUT2D eigenvalue weighted by atomic mass is 16.5. The van der Waals surface area contributed by atoms with E-state index in [-0.39, 0.29) is 18.6 Å². The fourth-order valence-electron chi connectivity index (χ4n) is 3.78. The van der Waals surface area contributed by atoms with Gasteiger partial charge in [-0.05, 0) is 47.4 Å². The van der Waals surface area contributed by atoms with Crippen molar-refractivity contribution in [2.75, 3.05) is 13.7 Å². The van der Waals surface area contributed by atoms with Crippen molar-refractivity contribution < 1.29 is 19.1 Å². The Labute approximate surface area is 193 Å². The number of nitrogens with zero attached hydrogens (tertiary/aromatic N) is 2. The topological polar surface area (TPSA) is 68.2 Å². The minimum absolute atomic E-state index is 0.291. The van der Waals surface area contributed by atoms with Crippen LogP contribution < -0.4 is 4.74 Å². The molecular weight excluding hydrogens is 416 g/mol. The predicted octanol–water partition coefficient (Wildman–Crippen LogP) is 4.79. The highest BCUT2D eigenvalue weighted by Gasteiger charge is 2.33. The average molecular weight is 443 g/mol. The van der Waals surface area contributed by atoms with Gasteiger partial charge in [-0.15, -0.1) is 0 Å².